The molecule has 2 aromatic rings. The summed E-state index contributed by atoms with van der Waals surface area (Å²) in [5.41, 5.74) is 2.42. The molecule has 4 nitrogen and oxygen atoms in total. The Bertz CT molecular complexity index is 675. The number of carboxylic acids is 1. The maximum absolute atomic E-state index is 11.1. The lowest BCUT2D eigenvalue weighted by Crippen LogP contribution is -2.04. The Balaban J connectivity index is 1.62. The highest BCUT2D eigenvalue weighted by atomic mass is 32.1. The third kappa shape index (κ3) is 3.03. The van der Waals surface area contributed by atoms with Crippen LogP contribution in [0.5, 0.6) is 11.5 Å². The van der Waals surface area contributed by atoms with E-state index in [4.69, 9.17) is 14.6 Å². The van der Waals surface area contributed by atoms with Crippen molar-refractivity contribution in [1.29, 1.82) is 0 Å². The van der Waals surface area contributed by atoms with E-state index in [9.17, 15) is 4.79 Å². The fourth-order valence-electron chi connectivity index (χ4n) is 2.42. The van der Waals surface area contributed by atoms with Gasteiger partial charge in [-0.05, 0) is 30.2 Å². The van der Waals surface area contributed by atoms with Crippen molar-refractivity contribution < 1.29 is 19.4 Å². The Hall–Kier alpha value is -2.01. The summed E-state index contributed by atoms with van der Waals surface area (Å²) in [6, 6.07) is 7.95. The lowest BCUT2D eigenvalue weighted by molar-refractivity contribution is 0.0698. The predicted octanol–water partition coefficient (Wildman–Crippen LogP) is 3.31. The van der Waals surface area contributed by atoms with Crippen LogP contribution in [0.15, 0.2) is 24.3 Å². The van der Waals surface area contributed by atoms with Gasteiger partial charge in [0.2, 0.25) is 0 Å². The lowest BCUT2D eigenvalue weighted by atomic mass is 10.1. The Morgan fingerprint density at radius 2 is 2.29 bits per heavy atom. The number of carbonyl (C=O) groups is 1. The van der Waals surface area contributed by atoms with E-state index in [2.05, 4.69) is 6.07 Å². The van der Waals surface area contributed by atoms with Crippen LogP contribution in [0.25, 0.3) is 0 Å². The number of aryl methyl sites for hydroxylation is 1. The van der Waals surface area contributed by atoms with Crippen molar-refractivity contribution in [3.63, 3.8) is 0 Å². The van der Waals surface area contributed by atoms with Crippen molar-refractivity contribution in [3.05, 3.63) is 45.1 Å². The summed E-state index contributed by atoms with van der Waals surface area (Å²) in [6.45, 7) is 3.10. The highest BCUT2D eigenvalue weighted by Gasteiger charge is 2.15. The molecule has 0 fully saturated rings. The zero-order valence-electron chi connectivity index (χ0n) is 11.7. The Morgan fingerprint density at radius 3 is 3.10 bits per heavy atom. The summed E-state index contributed by atoms with van der Waals surface area (Å²) in [6.07, 6.45) is 1.71. The fraction of sp³-hybridized carbons (Fsp3) is 0.312. The van der Waals surface area contributed by atoms with E-state index in [-0.39, 0.29) is 4.88 Å². The highest BCUT2D eigenvalue weighted by Crippen LogP contribution is 2.29. The molecule has 1 aliphatic rings. The summed E-state index contributed by atoms with van der Waals surface area (Å²) in [7, 11) is 0. The largest absolute Gasteiger partial charge is 0.493 e. The maximum Gasteiger partial charge on any atom is 0.349 e. The van der Waals surface area contributed by atoms with Crippen LogP contribution in [-0.2, 0) is 12.8 Å². The van der Waals surface area contributed by atoms with Crippen molar-refractivity contribution in [3.8, 4) is 11.5 Å². The number of rotatable bonds is 5. The van der Waals surface area contributed by atoms with Crippen LogP contribution in [0.4, 0.5) is 0 Å². The molecule has 0 saturated heterocycles. The molecule has 1 aromatic carbocycles. The van der Waals surface area contributed by atoms with Gasteiger partial charge in [0.25, 0.3) is 0 Å². The third-order valence-corrected chi connectivity index (χ3v) is 4.44. The average molecular weight is 304 g/mol. The molecule has 5 heteroatoms. The van der Waals surface area contributed by atoms with Crippen LogP contribution in [0, 0.1) is 6.92 Å². The van der Waals surface area contributed by atoms with Gasteiger partial charge < -0.3 is 14.6 Å². The molecular formula is C16H16O4S. The van der Waals surface area contributed by atoms with Crippen LogP contribution in [0.2, 0.25) is 0 Å². The molecule has 1 aliphatic heterocycles. The smallest absolute Gasteiger partial charge is 0.349 e. The molecule has 0 amide bonds. The lowest BCUT2D eigenvalue weighted by Gasteiger charge is -2.07. The first-order chi connectivity index (χ1) is 10.1. The number of aromatic carboxylic acids is 1. The number of ether oxygens (including phenoxy) is 2. The molecule has 0 radical (unpaired) electrons. The van der Waals surface area contributed by atoms with Gasteiger partial charge in [0.15, 0.2) is 4.88 Å². The van der Waals surface area contributed by atoms with E-state index in [1.165, 1.54) is 22.5 Å². The summed E-state index contributed by atoms with van der Waals surface area (Å²) in [4.78, 5) is 12.3. The normalized spacial score (nSPS) is 12.8. The molecule has 3 rings (SSSR count). The van der Waals surface area contributed by atoms with Gasteiger partial charge in [0.1, 0.15) is 11.5 Å². The fourth-order valence-corrected chi connectivity index (χ4v) is 3.22. The summed E-state index contributed by atoms with van der Waals surface area (Å²) >= 11 is 1.24. The minimum absolute atomic E-state index is 0.273. The Kier molecular flexibility index (Phi) is 3.84. The van der Waals surface area contributed by atoms with Gasteiger partial charge in [0.05, 0.1) is 13.2 Å². The van der Waals surface area contributed by atoms with Gasteiger partial charge in [-0.25, -0.2) is 4.79 Å². The first-order valence-electron chi connectivity index (χ1n) is 6.84. The second-order valence-corrected chi connectivity index (χ2v) is 6.25. The van der Waals surface area contributed by atoms with Crippen molar-refractivity contribution in [2.45, 2.75) is 19.8 Å². The molecule has 0 aliphatic carbocycles. The standard InChI is InChI=1S/C16H16O4S/c1-10-8-14(15(21-10)16(17)18)20-6-4-11-2-3-13-12(9-11)5-7-19-13/h2-3,8-9H,4-7H2,1H3,(H,17,18). The van der Waals surface area contributed by atoms with Crippen molar-refractivity contribution in [1.82, 2.24) is 0 Å². The number of thiophene rings is 1. The van der Waals surface area contributed by atoms with E-state index < -0.39 is 5.97 Å². The number of hydrogen-bond acceptors (Lipinski definition) is 4. The molecule has 1 N–H and O–H groups in total. The zero-order valence-corrected chi connectivity index (χ0v) is 12.5. The van der Waals surface area contributed by atoms with Gasteiger partial charge in [-0.1, -0.05) is 12.1 Å². The molecular weight excluding hydrogens is 288 g/mol. The number of fused-ring (bicyclic) bond motifs is 1. The first kappa shape index (κ1) is 13.9. The molecule has 110 valence electrons. The third-order valence-electron chi connectivity index (χ3n) is 3.42. The molecule has 0 atom stereocenters. The van der Waals surface area contributed by atoms with Crippen molar-refractivity contribution in [2.24, 2.45) is 0 Å². The van der Waals surface area contributed by atoms with E-state index in [1.807, 2.05) is 19.1 Å². The second-order valence-electron chi connectivity index (χ2n) is 4.99. The maximum atomic E-state index is 11.1. The SMILES string of the molecule is Cc1cc(OCCc2ccc3c(c2)CCO3)c(C(=O)O)s1. The number of carboxylic acid groups (broad SMARTS) is 1. The topological polar surface area (TPSA) is 55.8 Å². The molecule has 0 spiro atoms. The number of benzene rings is 1. The molecule has 21 heavy (non-hydrogen) atoms. The van der Waals surface area contributed by atoms with E-state index in [1.54, 1.807) is 6.07 Å². The van der Waals surface area contributed by atoms with E-state index in [0.717, 1.165) is 30.1 Å². The van der Waals surface area contributed by atoms with Crippen LogP contribution in [-0.4, -0.2) is 24.3 Å². The van der Waals surface area contributed by atoms with Gasteiger partial charge in [-0.3, -0.25) is 0 Å². The van der Waals surface area contributed by atoms with E-state index in [0.29, 0.717) is 12.4 Å². The molecule has 0 bridgehead atoms. The second kappa shape index (κ2) is 5.77. The highest BCUT2D eigenvalue weighted by molar-refractivity contribution is 7.14. The van der Waals surface area contributed by atoms with Gasteiger partial charge in [0, 0.05) is 17.7 Å². The minimum atomic E-state index is -0.933. The van der Waals surface area contributed by atoms with Crippen molar-refractivity contribution in [2.75, 3.05) is 13.2 Å². The van der Waals surface area contributed by atoms with Crippen LogP contribution in [0.1, 0.15) is 25.7 Å². The van der Waals surface area contributed by atoms with Gasteiger partial charge >= 0.3 is 5.97 Å². The van der Waals surface area contributed by atoms with Gasteiger partial charge in [-0.15, -0.1) is 11.3 Å². The first-order valence-corrected chi connectivity index (χ1v) is 7.66. The molecule has 1 aromatic heterocycles. The van der Waals surface area contributed by atoms with Crippen LogP contribution >= 0.6 is 11.3 Å². The minimum Gasteiger partial charge on any atom is -0.493 e. The Labute approximate surface area is 126 Å². The monoisotopic (exact) mass is 304 g/mol. The summed E-state index contributed by atoms with van der Waals surface area (Å²) < 4.78 is 11.1. The quantitative estimate of drug-likeness (QED) is 0.920. The zero-order chi connectivity index (χ0) is 14.8. The molecule has 0 saturated carbocycles. The summed E-state index contributed by atoms with van der Waals surface area (Å²) in [5, 5.41) is 9.12. The molecule has 2 heterocycles. The van der Waals surface area contributed by atoms with Gasteiger partial charge in [-0.2, -0.15) is 0 Å². The average Bonchev–Trinajstić information content (AvgIpc) is 3.04. The van der Waals surface area contributed by atoms with Crippen LogP contribution < -0.4 is 9.47 Å². The number of hydrogen-bond donors (Lipinski definition) is 1. The summed E-state index contributed by atoms with van der Waals surface area (Å²) in [5.74, 6) is 0.508. The van der Waals surface area contributed by atoms with E-state index >= 15 is 0 Å². The molecule has 0 unspecified atom stereocenters. The Morgan fingerprint density at radius 1 is 1.43 bits per heavy atom. The van der Waals surface area contributed by atoms with Crippen LogP contribution in [0.3, 0.4) is 0 Å². The van der Waals surface area contributed by atoms with Crippen molar-refractivity contribution >= 4 is 17.3 Å². The predicted molar refractivity (Wildman–Crippen MR) is 80.9 cm³/mol.